The van der Waals surface area contributed by atoms with Crippen molar-refractivity contribution in [1.82, 2.24) is 0 Å². The molecule has 1 atom stereocenters. The number of aromatic hydroxyl groups is 1. The Morgan fingerprint density at radius 1 is 1.00 bits per heavy atom. The topological polar surface area (TPSA) is 46.5 Å². The molecule has 3 aromatic carbocycles. The summed E-state index contributed by atoms with van der Waals surface area (Å²) in [5.74, 6) is 0.0124. The highest BCUT2D eigenvalue weighted by Gasteiger charge is 2.33. The lowest BCUT2D eigenvalue weighted by atomic mass is 9.81. The van der Waals surface area contributed by atoms with Gasteiger partial charge < -0.3 is 9.84 Å². The standard InChI is InChI=1S/C20H14O3/c1-12-18(14-5-3-2-4-6-14)19-16-11-15(21)9-7-13(16)8-10-17(19)23-20(12)22/h2-11,18,21H,1H2. The van der Waals surface area contributed by atoms with Crippen LogP contribution in [0.5, 0.6) is 11.5 Å². The van der Waals surface area contributed by atoms with E-state index in [0.29, 0.717) is 11.3 Å². The van der Waals surface area contributed by atoms with Gasteiger partial charge in [0, 0.05) is 17.1 Å². The van der Waals surface area contributed by atoms with E-state index in [2.05, 4.69) is 6.58 Å². The fraction of sp³-hybridized carbons (Fsp3) is 0.0500. The summed E-state index contributed by atoms with van der Waals surface area (Å²) in [5, 5.41) is 11.7. The van der Waals surface area contributed by atoms with Gasteiger partial charge in [0.25, 0.3) is 0 Å². The highest BCUT2D eigenvalue weighted by atomic mass is 16.5. The van der Waals surface area contributed by atoms with E-state index in [-0.39, 0.29) is 11.7 Å². The minimum absolute atomic E-state index is 0.181. The zero-order valence-electron chi connectivity index (χ0n) is 12.3. The summed E-state index contributed by atoms with van der Waals surface area (Å²) in [6.45, 7) is 3.94. The van der Waals surface area contributed by atoms with Crippen molar-refractivity contribution >= 4 is 16.7 Å². The lowest BCUT2D eigenvalue weighted by Crippen LogP contribution is -2.24. The van der Waals surface area contributed by atoms with Crippen molar-refractivity contribution < 1.29 is 14.6 Å². The van der Waals surface area contributed by atoms with Crippen LogP contribution in [0.3, 0.4) is 0 Å². The molecule has 23 heavy (non-hydrogen) atoms. The summed E-state index contributed by atoms with van der Waals surface area (Å²) in [7, 11) is 0. The predicted molar refractivity (Wildman–Crippen MR) is 88.7 cm³/mol. The number of carbonyl (C=O) groups is 1. The number of phenols is 1. The fourth-order valence-electron chi connectivity index (χ4n) is 3.17. The van der Waals surface area contributed by atoms with Crippen molar-refractivity contribution in [3.8, 4) is 11.5 Å². The molecule has 0 saturated carbocycles. The van der Waals surface area contributed by atoms with Crippen molar-refractivity contribution in [1.29, 1.82) is 0 Å². The molecule has 0 radical (unpaired) electrons. The number of carbonyl (C=O) groups excluding carboxylic acids is 1. The molecule has 0 aromatic heterocycles. The Bertz CT molecular complexity index is 942. The largest absolute Gasteiger partial charge is 0.508 e. The van der Waals surface area contributed by atoms with Gasteiger partial charge in [0.2, 0.25) is 0 Å². The highest BCUT2D eigenvalue weighted by Crippen LogP contribution is 2.45. The molecule has 112 valence electrons. The molecule has 1 N–H and O–H groups in total. The van der Waals surface area contributed by atoms with Crippen molar-refractivity contribution in [2.24, 2.45) is 0 Å². The van der Waals surface area contributed by atoms with E-state index in [9.17, 15) is 9.90 Å². The first-order valence-corrected chi connectivity index (χ1v) is 7.36. The molecular formula is C20H14O3. The number of hydrogen-bond acceptors (Lipinski definition) is 3. The third kappa shape index (κ3) is 2.09. The molecule has 1 aliphatic rings. The first-order chi connectivity index (χ1) is 11.1. The summed E-state index contributed by atoms with van der Waals surface area (Å²) >= 11 is 0. The van der Waals surface area contributed by atoms with Gasteiger partial charge in [-0.15, -0.1) is 0 Å². The Kier molecular flexibility index (Phi) is 2.95. The van der Waals surface area contributed by atoms with E-state index < -0.39 is 5.97 Å². The number of phenolic OH excluding ortho intramolecular Hbond substituents is 1. The van der Waals surface area contributed by atoms with Gasteiger partial charge in [-0.1, -0.05) is 49.0 Å². The van der Waals surface area contributed by atoms with Gasteiger partial charge in [-0.05, 0) is 34.5 Å². The second-order valence-corrected chi connectivity index (χ2v) is 5.64. The lowest BCUT2D eigenvalue weighted by molar-refractivity contribution is -0.131. The molecule has 3 nitrogen and oxygen atoms in total. The molecule has 3 heteroatoms. The molecule has 1 heterocycles. The van der Waals surface area contributed by atoms with Crippen LogP contribution in [0.25, 0.3) is 10.8 Å². The lowest BCUT2D eigenvalue weighted by Gasteiger charge is -2.28. The zero-order chi connectivity index (χ0) is 16.0. The van der Waals surface area contributed by atoms with Crippen LogP contribution in [0.15, 0.2) is 72.8 Å². The average molecular weight is 302 g/mol. The summed E-state index contributed by atoms with van der Waals surface area (Å²) in [4.78, 5) is 12.2. The molecule has 0 amide bonds. The smallest absolute Gasteiger partial charge is 0.339 e. The third-order valence-electron chi connectivity index (χ3n) is 4.24. The van der Waals surface area contributed by atoms with Crippen LogP contribution in [0.4, 0.5) is 0 Å². The van der Waals surface area contributed by atoms with Crippen LogP contribution >= 0.6 is 0 Å². The number of hydrogen-bond donors (Lipinski definition) is 1. The van der Waals surface area contributed by atoms with E-state index in [1.54, 1.807) is 18.2 Å². The molecule has 4 rings (SSSR count). The summed E-state index contributed by atoms with van der Waals surface area (Å²) in [5.41, 5.74) is 2.25. The third-order valence-corrected chi connectivity index (χ3v) is 4.24. The fourth-order valence-corrected chi connectivity index (χ4v) is 3.17. The van der Waals surface area contributed by atoms with Gasteiger partial charge in [-0.3, -0.25) is 0 Å². The van der Waals surface area contributed by atoms with Crippen LogP contribution in [0.1, 0.15) is 17.0 Å². The van der Waals surface area contributed by atoms with E-state index in [0.717, 1.165) is 21.9 Å². The van der Waals surface area contributed by atoms with Gasteiger partial charge >= 0.3 is 5.97 Å². The Hall–Kier alpha value is -3.07. The second kappa shape index (κ2) is 4.99. The molecule has 0 spiro atoms. The van der Waals surface area contributed by atoms with Gasteiger partial charge in [0.15, 0.2) is 0 Å². The van der Waals surface area contributed by atoms with Gasteiger partial charge in [0.05, 0.1) is 0 Å². The minimum Gasteiger partial charge on any atom is -0.508 e. The van der Waals surface area contributed by atoms with Crippen LogP contribution in [-0.2, 0) is 4.79 Å². The van der Waals surface area contributed by atoms with Crippen molar-refractivity contribution in [2.45, 2.75) is 5.92 Å². The summed E-state index contributed by atoms with van der Waals surface area (Å²) in [6, 6.07) is 18.6. The number of esters is 1. The first kappa shape index (κ1) is 13.6. The van der Waals surface area contributed by atoms with Gasteiger partial charge in [-0.25, -0.2) is 4.79 Å². The van der Waals surface area contributed by atoms with E-state index in [1.165, 1.54) is 0 Å². The number of ether oxygens (including phenoxy) is 1. The quantitative estimate of drug-likeness (QED) is 0.417. The molecule has 0 saturated heterocycles. The minimum atomic E-state index is -0.411. The van der Waals surface area contributed by atoms with Crippen LogP contribution in [0, 0.1) is 0 Å². The van der Waals surface area contributed by atoms with Crippen molar-refractivity contribution in [3.05, 3.63) is 83.9 Å². The maximum absolute atomic E-state index is 12.2. The molecule has 0 bridgehead atoms. The first-order valence-electron chi connectivity index (χ1n) is 7.36. The Morgan fingerprint density at radius 2 is 1.74 bits per heavy atom. The number of benzene rings is 3. The summed E-state index contributed by atoms with van der Waals surface area (Å²) < 4.78 is 5.42. The van der Waals surface area contributed by atoms with Gasteiger partial charge in [0.1, 0.15) is 11.5 Å². The maximum atomic E-state index is 12.2. The van der Waals surface area contributed by atoms with E-state index >= 15 is 0 Å². The van der Waals surface area contributed by atoms with Crippen molar-refractivity contribution in [3.63, 3.8) is 0 Å². The van der Waals surface area contributed by atoms with E-state index in [1.807, 2.05) is 42.5 Å². The highest BCUT2D eigenvalue weighted by molar-refractivity contribution is 6.00. The van der Waals surface area contributed by atoms with E-state index in [4.69, 9.17) is 4.74 Å². The van der Waals surface area contributed by atoms with Crippen LogP contribution in [0.2, 0.25) is 0 Å². The molecule has 3 aromatic rings. The van der Waals surface area contributed by atoms with Crippen LogP contribution < -0.4 is 4.74 Å². The Balaban J connectivity index is 2.07. The second-order valence-electron chi connectivity index (χ2n) is 5.64. The number of fused-ring (bicyclic) bond motifs is 3. The van der Waals surface area contributed by atoms with Gasteiger partial charge in [-0.2, -0.15) is 0 Å². The maximum Gasteiger partial charge on any atom is 0.339 e. The molecule has 1 unspecified atom stereocenters. The summed E-state index contributed by atoms with van der Waals surface area (Å²) in [6.07, 6.45) is 0. The molecule has 0 fully saturated rings. The molecular weight excluding hydrogens is 288 g/mol. The monoisotopic (exact) mass is 302 g/mol. The molecule has 0 aliphatic carbocycles. The van der Waals surface area contributed by atoms with Crippen LogP contribution in [-0.4, -0.2) is 11.1 Å². The van der Waals surface area contributed by atoms with Crippen molar-refractivity contribution in [2.75, 3.05) is 0 Å². The normalized spacial score (nSPS) is 17.0. The average Bonchev–Trinajstić information content (AvgIpc) is 2.57. The number of rotatable bonds is 1. The SMILES string of the molecule is C=C1C(=O)Oc2ccc3ccc(O)cc3c2C1c1ccccc1. The Labute approximate surface area is 133 Å². The molecule has 1 aliphatic heterocycles. The zero-order valence-corrected chi connectivity index (χ0v) is 12.3. The Morgan fingerprint density at radius 3 is 2.52 bits per heavy atom. The predicted octanol–water partition coefficient (Wildman–Crippen LogP) is 4.15.